The number of benzene rings is 2. The first-order valence-electron chi connectivity index (χ1n) is 10.2. The Bertz CT molecular complexity index is 946. The number of hydrogen-bond acceptors (Lipinski definition) is 6. The van der Waals surface area contributed by atoms with Crippen molar-refractivity contribution >= 4 is 33.4 Å². The van der Waals surface area contributed by atoms with E-state index < -0.39 is 0 Å². The molecule has 3 aromatic rings. The molecule has 0 aliphatic carbocycles. The van der Waals surface area contributed by atoms with Gasteiger partial charge in [0.05, 0.1) is 23.5 Å². The SMILES string of the molecule is CCOC(=O)c1ccc(OCCC2CCN(c3nsc4ccccc34)CC2)cc1. The first-order valence-corrected chi connectivity index (χ1v) is 11.0. The lowest BCUT2D eigenvalue weighted by Crippen LogP contribution is -2.34. The Labute approximate surface area is 175 Å². The summed E-state index contributed by atoms with van der Waals surface area (Å²) in [5.74, 6) is 2.32. The van der Waals surface area contributed by atoms with E-state index in [1.54, 1.807) is 30.6 Å². The van der Waals surface area contributed by atoms with Gasteiger partial charge in [-0.25, -0.2) is 4.79 Å². The van der Waals surface area contributed by atoms with Crippen molar-refractivity contribution in [2.24, 2.45) is 5.92 Å². The van der Waals surface area contributed by atoms with E-state index in [1.165, 1.54) is 10.1 Å². The number of ether oxygens (including phenoxy) is 2. The summed E-state index contributed by atoms with van der Waals surface area (Å²) in [6, 6.07) is 15.6. The van der Waals surface area contributed by atoms with Crippen LogP contribution in [0.15, 0.2) is 48.5 Å². The number of fused-ring (bicyclic) bond motifs is 1. The van der Waals surface area contributed by atoms with Crippen LogP contribution in [0.4, 0.5) is 5.82 Å². The summed E-state index contributed by atoms with van der Waals surface area (Å²) in [5.41, 5.74) is 0.557. The number of rotatable bonds is 7. The Morgan fingerprint density at radius 3 is 2.66 bits per heavy atom. The molecular formula is C23H26N2O3S. The highest BCUT2D eigenvalue weighted by atomic mass is 32.1. The van der Waals surface area contributed by atoms with Gasteiger partial charge in [-0.3, -0.25) is 0 Å². The second-order valence-corrected chi connectivity index (χ2v) is 8.12. The van der Waals surface area contributed by atoms with E-state index in [0.29, 0.717) is 24.7 Å². The van der Waals surface area contributed by atoms with Crippen molar-refractivity contribution < 1.29 is 14.3 Å². The van der Waals surface area contributed by atoms with E-state index in [-0.39, 0.29) is 5.97 Å². The zero-order valence-electron chi connectivity index (χ0n) is 16.7. The highest BCUT2D eigenvalue weighted by molar-refractivity contribution is 7.13. The minimum absolute atomic E-state index is 0.293. The number of hydrogen-bond donors (Lipinski definition) is 0. The largest absolute Gasteiger partial charge is 0.494 e. The molecule has 0 N–H and O–H groups in total. The molecule has 2 aromatic carbocycles. The first kappa shape index (κ1) is 19.7. The molecule has 4 rings (SSSR count). The Morgan fingerprint density at radius 1 is 1.14 bits per heavy atom. The lowest BCUT2D eigenvalue weighted by molar-refractivity contribution is 0.0526. The Kier molecular flexibility index (Phi) is 6.30. The molecule has 2 heterocycles. The van der Waals surface area contributed by atoms with Crippen molar-refractivity contribution in [3.05, 3.63) is 54.1 Å². The van der Waals surface area contributed by atoms with E-state index in [0.717, 1.165) is 43.9 Å². The molecule has 0 bridgehead atoms. The molecule has 0 amide bonds. The highest BCUT2D eigenvalue weighted by Crippen LogP contribution is 2.32. The van der Waals surface area contributed by atoms with Gasteiger partial charge in [0.15, 0.2) is 0 Å². The second-order valence-electron chi connectivity index (χ2n) is 7.31. The molecule has 1 saturated heterocycles. The number of carbonyl (C=O) groups excluding carboxylic acids is 1. The summed E-state index contributed by atoms with van der Waals surface area (Å²) in [6.45, 7) is 4.98. The average molecular weight is 411 g/mol. The van der Waals surface area contributed by atoms with E-state index in [1.807, 2.05) is 12.1 Å². The molecular weight excluding hydrogens is 384 g/mol. The monoisotopic (exact) mass is 410 g/mol. The number of nitrogens with zero attached hydrogens (tertiary/aromatic N) is 2. The molecule has 152 valence electrons. The van der Waals surface area contributed by atoms with Crippen LogP contribution < -0.4 is 9.64 Å². The molecule has 1 aliphatic heterocycles. The fraction of sp³-hybridized carbons (Fsp3) is 0.391. The zero-order chi connectivity index (χ0) is 20.1. The van der Waals surface area contributed by atoms with Crippen LogP contribution in [0.5, 0.6) is 5.75 Å². The molecule has 0 spiro atoms. The van der Waals surface area contributed by atoms with Gasteiger partial charge in [-0.2, -0.15) is 4.37 Å². The molecule has 0 atom stereocenters. The van der Waals surface area contributed by atoms with Gasteiger partial charge in [-0.1, -0.05) is 12.1 Å². The van der Waals surface area contributed by atoms with Crippen LogP contribution in [0.1, 0.15) is 36.5 Å². The predicted molar refractivity (Wildman–Crippen MR) is 117 cm³/mol. The lowest BCUT2D eigenvalue weighted by atomic mass is 9.94. The van der Waals surface area contributed by atoms with Crippen molar-refractivity contribution in [3.63, 3.8) is 0 Å². The number of esters is 1. The number of aromatic nitrogens is 1. The summed E-state index contributed by atoms with van der Waals surface area (Å²) in [7, 11) is 0. The predicted octanol–water partition coefficient (Wildman–Crippen LogP) is 5.16. The first-order chi connectivity index (χ1) is 14.2. The average Bonchev–Trinajstić information content (AvgIpc) is 3.19. The maximum Gasteiger partial charge on any atom is 0.338 e. The van der Waals surface area contributed by atoms with E-state index in [2.05, 4.69) is 33.5 Å². The molecule has 1 aliphatic rings. The smallest absolute Gasteiger partial charge is 0.338 e. The molecule has 1 aromatic heterocycles. The van der Waals surface area contributed by atoms with Gasteiger partial charge in [0.1, 0.15) is 11.6 Å². The van der Waals surface area contributed by atoms with Crippen LogP contribution in [0.25, 0.3) is 10.1 Å². The fourth-order valence-electron chi connectivity index (χ4n) is 3.78. The van der Waals surface area contributed by atoms with Gasteiger partial charge in [-0.15, -0.1) is 0 Å². The van der Waals surface area contributed by atoms with Gasteiger partial charge in [0.25, 0.3) is 0 Å². The minimum Gasteiger partial charge on any atom is -0.494 e. The Morgan fingerprint density at radius 2 is 1.90 bits per heavy atom. The molecule has 29 heavy (non-hydrogen) atoms. The fourth-order valence-corrected chi connectivity index (χ4v) is 4.57. The standard InChI is InChI=1S/C23H26N2O3S/c1-2-27-23(26)18-7-9-19(10-8-18)28-16-13-17-11-14-25(15-12-17)22-20-5-3-4-6-21(20)29-24-22/h3-10,17H,2,11-16H2,1H3. The highest BCUT2D eigenvalue weighted by Gasteiger charge is 2.22. The topological polar surface area (TPSA) is 51.7 Å². The molecule has 0 radical (unpaired) electrons. The van der Waals surface area contributed by atoms with Crippen molar-refractivity contribution in [1.82, 2.24) is 4.37 Å². The van der Waals surface area contributed by atoms with E-state index in [9.17, 15) is 4.79 Å². The maximum absolute atomic E-state index is 11.7. The number of carbonyl (C=O) groups is 1. The third kappa shape index (κ3) is 4.70. The third-order valence-corrected chi connectivity index (χ3v) is 6.25. The van der Waals surface area contributed by atoms with Crippen LogP contribution in [-0.2, 0) is 4.74 Å². The molecule has 5 nitrogen and oxygen atoms in total. The number of piperidine rings is 1. The van der Waals surface area contributed by atoms with Crippen molar-refractivity contribution in [3.8, 4) is 5.75 Å². The summed E-state index contributed by atoms with van der Waals surface area (Å²) < 4.78 is 16.8. The third-order valence-electron chi connectivity index (χ3n) is 5.43. The summed E-state index contributed by atoms with van der Waals surface area (Å²) in [5, 5.41) is 1.27. The van der Waals surface area contributed by atoms with Crippen molar-refractivity contribution in [2.45, 2.75) is 26.2 Å². The molecule has 6 heteroatoms. The second kappa shape index (κ2) is 9.27. The normalized spacial score (nSPS) is 14.9. The molecule has 1 fully saturated rings. The zero-order valence-corrected chi connectivity index (χ0v) is 17.5. The molecule has 0 unspecified atom stereocenters. The Balaban J connectivity index is 1.23. The lowest BCUT2D eigenvalue weighted by Gasteiger charge is -2.32. The van der Waals surface area contributed by atoms with E-state index in [4.69, 9.17) is 9.47 Å². The number of anilines is 1. The Hall–Kier alpha value is -2.60. The minimum atomic E-state index is -0.293. The van der Waals surface area contributed by atoms with Crippen LogP contribution in [-0.4, -0.2) is 36.6 Å². The van der Waals surface area contributed by atoms with Crippen LogP contribution >= 0.6 is 11.5 Å². The summed E-state index contributed by atoms with van der Waals surface area (Å²) >= 11 is 1.58. The van der Waals surface area contributed by atoms with Gasteiger partial charge >= 0.3 is 5.97 Å². The van der Waals surface area contributed by atoms with E-state index >= 15 is 0 Å². The van der Waals surface area contributed by atoms with Crippen LogP contribution in [0.2, 0.25) is 0 Å². The van der Waals surface area contributed by atoms with Gasteiger partial charge in [0.2, 0.25) is 0 Å². The van der Waals surface area contributed by atoms with Crippen molar-refractivity contribution in [2.75, 3.05) is 31.2 Å². The van der Waals surface area contributed by atoms with Crippen LogP contribution in [0.3, 0.4) is 0 Å². The summed E-state index contributed by atoms with van der Waals surface area (Å²) in [4.78, 5) is 14.1. The quantitative estimate of drug-likeness (QED) is 0.504. The summed E-state index contributed by atoms with van der Waals surface area (Å²) in [6.07, 6.45) is 3.37. The van der Waals surface area contributed by atoms with Gasteiger partial charge in [-0.05, 0) is 80.0 Å². The maximum atomic E-state index is 11.7. The van der Waals surface area contributed by atoms with Gasteiger partial charge < -0.3 is 14.4 Å². The molecule has 0 saturated carbocycles. The van der Waals surface area contributed by atoms with Crippen LogP contribution in [0, 0.1) is 5.92 Å². The van der Waals surface area contributed by atoms with Gasteiger partial charge in [0, 0.05) is 18.5 Å². The van der Waals surface area contributed by atoms with Crippen molar-refractivity contribution in [1.29, 1.82) is 0 Å².